The number of amides is 1. The maximum Gasteiger partial charge on any atom is 0.256 e. The first-order chi connectivity index (χ1) is 12.1. The highest BCUT2D eigenvalue weighted by atomic mass is 16.5. The van der Waals surface area contributed by atoms with Gasteiger partial charge in [-0.1, -0.05) is 30.3 Å². The standard InChI is InChI=1S/C19H24N4O2/c1-19(25-2,15-8-4-3-5-9-15)17(24)22-16-10-6-13-23(14-16)18-20-11-7-12-21-18/h3-5,7-9,11-12,16H,6,10,13-14H2,1-2H3,(H,22,24)/t16-,19+/m1/s1. The molecule has 1 saturated heterocycles. The van der Waals surface area contributed by atoms with Crippen LogP contribution in [-0.2, 0) is 15.1 Å². The van der Waals surface area contributed by atoms with Crippen LogP contribution in [0.3, 0.4) is 0 Å². The molecule has 2 atom stereocenters. The summed E-state index contributed by atoms with van der Waals surface area (Å²) in [5.74, 6) is 0.584. The molecule has 132 valence electrons. The molecule has 1 aliphatic heterocycles. The summed E-state index contributed by atoms with van der Waals surface area (Å²) < 4.78 is 5.59. The molecule has 0 aliphatic carbocycles. The van der Waals surface area contributed by atoms with Crippen molar-refractivity contribution in [3.63, 3.8) is 0 Å². The molecule has 0 unspecified atom stereocenters. The van der Waals surface area contributed by atoms with Gasteiger partial charge in [0, 0.05) is 38.6 Å². The summed E-state index contributed by atoms with van der Waals surface area (Å²) in [5.41, 5.74) is -0.165. The highest BCUT2D eigenvalue weighted by Gasteiger charge is 2.37. The summed E-state index contributed by atoms with van der Waals surface area (Å²) in [5, 5.41) is 3.15. The van der Waals surface area contributed by atoms with E-state index in [-0.39, 0.29) is 11.9 Å². The van der Waals surface area contributed by atoms with Crippen LogP contribution < -0.4 is 10.2 Å². The molecule has 3 rings (SSSR count). The lowest BCUT2D eigenvalue weighted by Gasteiger charge is -2.35. The number of anilines is 1. The van der Waals surface area contributed by atoms with E-state index in [1.54, 1.807) is 32.5 Å². The van der Waals surface area contributed by atoms with Crippen molar-refractivity contribution in [3.8, 4) is 0 Å². The van der Waals surface area contributed by atoms with Crippen molar-refractivity contribution in [3.05, 3.63) is 54.4 Å². The highest BCUT2D eigenvalue weighted by molar-refractivity contribution is 5.86. The fourth-order valence-electron chi connectivity index (χ4n) is 3.15. The van der Waals surface area contributed by atoms with E-state index in [2.05, 4.69) is 20.2 Å². The molecular formula is C19H24N4O2. The van der Waals surface area contributed by atoms with E-state index >= 15 is 0 Å². The second-order valence-electron chi connectivity index (χ2n) is 6.41. The molecule has 0 saturated carbocycles. The highest BCUT2D eigenvalue weighted by Crippen LogP contribution is 2.25. The van der Waals surface area contributed by atoms with Crippen LogP contribution in [0.15, 0.2) is 48.8 Å². The number of carbonyl (C=O) groups is 1. The molecule has 0 radical (unpaired) electrons. The van der Waals surface area contributed by atoms with Crippen LogP contribution in [0, 0.1) is 0 Å². The monoisotopic (exact) mass is 340 g/mol. The molecule has 25 heavy (non-hydrogen) atoms. The average molecular weight is 340 g/mol. The minimum absolute atomic E-state index is 0.0447. The topological polar surface area (TPSA) is 67.3 Å². The molecule has 1 amide bonds. The number of hydrogen-bond donors (Lipinski definition) is 1. The zero-order valence-corrected chi connectivity index (χ0v) is 14.7. The van der Waals surface area contributed by atoms with Crippen molar-refractivity contribution in [2.45, 2.75) is 31.4 Å². The first kappa shape index (κ1) is 17.4. The number of benzene rings is 1. The second-order valence-corrected chi connectivity index (χ2v) is 6.41. The van der Waals surface area contributed by atoms with Crippen LogP contribution >= 0.6 is 0 Å². The van der Waals surface area contributed by atoms with E-state index in [4.69, 9.17) is 4.74 Å². The summed E-state index contributed by atoms with van der Waals surface area (Å²) in [6.45, 7) is 3.40. The quantitative estimate of drug-likeness (QED) is 0.903. The van der Waals surface area contributed by atoms with Gasteiger partial charge in [-0.05, 0) is 31.4 Å². The van der Waals surface area contributed by atoms with Gasteiger partial charge in [0.25, 0.3) is 5.91 Å². The van der Waals surface area contributed by atoms with Crippen LogP contribution in [-0.4, -0.2) is 42.1 Å². The Labute approximate surface area is 148 Å². The smallest absolute Gasteiger partial charge is 0.256 e. The van der Waals surface area contributed by atoms with Gasteiger partial charge >= 0.3 is 0 Å². The maximum absolute atomic E-state index is 12.9. The molecule has 0 bridgehead atoms. The molecule has 6 nitrogen and oxygen atoms in total. The molecular weight excluding hydrogens is 316 g/mol. The Kier molecular flexibility index (Phi) is 5.28. The minimum Gasteiger partial charge on any atom is -0.364 e. The Morgan fingerprint density at radius 3 is 2.64 bits per heavy atom. The summed E-state index contributed by atoms with van der Waals surface area (Å²) in [4.78, 5) is 23.6. The first-order valence-electron chi connectivity index (χ1n) is 8.57. The van der Waals surface area contributed by atoms with Crippen molar-refractivity contribution in [2.24, 2.45) is 0 Å². The van der Waals surface area contributed by atoms with Gasteiger partial charge in [-0.3, -0.25) is 4.79 Å². The first-order valence-corrected chi connectivity index (χ1v) is 8.57. The van der Waals surface area contributed by atoms with Gasteiger partial charge in [0.05, 0.1) is 0 Å². The number of ether oxygens (including phenoxy) is 1. The Morgan fingerprint density at radius 1 is 1.24 bits per heavy atom. The van der Waals surface area contributed by atoms with Crippen LogP contribution in [0.4, 0.5) is 5.95 Å². The Bertz CT molecular complexity index is 695. The number of carbonyl (C=O) groups excluding carboxylic acids is 1. The summed E-state index contributed by atoms with van der Waals surface area (Å²) in [7, 11) is 1.57. The molecule has 0 spiro atoms. The van der Waals surface area contributed by atoms with Gasteiger partial charge in [-0.2, -0.15) is 0 Å². The number of nitrogens with one attached hydrogen (secondary N) is 1. The minimum atomic E-state index is -1.01. The fraction of sp³-hybridized carbons (Fsp3) is 0.421. The van der Waals surface area contributed by atoms with Gasteiger partial charge < -0.3 is 15.0 Å². The van der Waals surface area contributed by atoms with E-state index in [0.717, 1.165) is 24.9 Å². The third kappa shape index (κ3) is 3.79. The summed E-state index contributed by atoms with van der Waals surface area (Å²) in [6, 6.07) is 11.4. The van der Waals surface area contributed by atoms with Crippen molar-refractivity contribution < 1.29 is 9.53 Å². The Morgan fingerprint density at radius 2 is 1.96 bits per heavy atom. The van der Waals surface area contributed by atoms with Gasteiger partial charge in [0.2, 0.25) is 5.95 Å². The molecule has 1 aromatic heterocycles. The molecule has 6 heteroatoms. The van der Waals surface area contributed by atoms with E-state index < -0.39 is 5.60 Å². The number of methoxy groups -OCH3 is 1. The third-order valence-corrected chi connectivity index (χ3v) is 4.76. The van der Waals surface area contributed by atoms with E-state index in [1.807, 2.05) is 30.3 Å². The van der Waals surface area contributed by atoms with Gasteiger partial charge in [0.15, 0.2) is 5.60 Å². The Balaban J connectivity index is 1.69. The fourth-order valence-corrected chi connectivity index (χ4v) is 3.15. The average Bonchev–Trinajstić information content (AvgIpc) is 2.69. The summed E-state index contributed by atoms with van der Waals surface area (Å²) in [6.07, 6.45) is 5.39. The van der Waals surface area contributed by atoms with Crippen LogP contribution in [0.1, 0.15) is 25.3 Å². The van der Waals surface area contributed by atoms with E-state index in [0.29, 0.717) is 12.5 Å². The number of nitrogens with zero attached hydrogens (tertiary/aromatic N) is 3. The van der Waals surface area contributed by atoms with Crippen LogP contribution in [0.25, 0.3) is 0 Å². The predicted octanol–water partition coefficient (Wildman–Crippen LogP) is 2.12. The van der Waals surface area contributed by atoms with Crippen molar-refractivity contribution in [1.82, 2.24) is 15.3 Å². The number of piperidine rings is 1. The zero-order valence-electron chi connectivity index (χ0n) is 14.7. The van der Waals surface area contributed by atoms with Gasteiger partial charge in [0.1, 0.15) is 0 Å². The van der Waals surface area contributed by atoms with E-state index in [1.165, 1.54) is 0 Å². The lowest BCUT2D eigenvalue weighted by molar-refractivity contribution is -0.143. The number of rotatable bonds is 5. The van der Waals surface area contributed by atoms with Gasteiger partial charge in [-0.25, -0.2) is 9.97 Å². The molecule has 1 aromatic carbocycles. The maximum atomic E-state index is 12.9. The lowest BCUT2D eigenvalue weighted by atomic mass is 9.93. The molecule has 2 heterocycles. The zero-order chi connectivity index (χ0) is 17.7. The van der Waals surface area contributed by atoms with E-state index in [9.17, 15) is 4.79 Å². The van der Waals surface area contributed by atoms with Crippen molar-refractivity contribution >= 4 is 11.9 Å². The predicted molar refractivity (Wildman–Crippen MR) is 96.2 cm³/mol. The van der Waals surface area contributed by atoms with Crippen molar-refractivity contribution in [1.29, 1.82) is 0 Å². The second kappa shape index (κ2) is 7.61. The number of hydrogen-bond acceptors (Lipinski definition) is 5. The molecule has 1 fully saturated rings. The normalized spacial score (nSPS) is 19.9. The number of aromatic nitrogens is 2. The van der Waals surface area contributed by atoms with Crippen LogP contribution in [0.2, 0.25) is 0 Å². The molecule has 1 N–H and O–H groups in total. The van der Waals surface area contributed by atoms with Gasteiger partial charge in [-0.15, -0.1) is 0 Å². The Hall–Kier alpha value is -2.47. The third-order valence-electron chi connectivity index (χ3n) is 4.76. The van der Waals surface area contributed by atoms with Crippen molar-refractivity contribution in [2.75, 3.05) is 25.1 Å². The molecule has 2 aromatic rings. The SMILES string of the molecule is CO[C@](C)(C(=O)N[C@@H]1CCCN(c2ncccn2)C1)c1ccccc1. The van der Waals surface area contributed by atoms with Crippen LogP contribution in [0.5, 0.6) is 0 Å². The summed E-state index contributed by atoms with van der Waals surface area (Å²) >= 11 is 0. The lowest BCUT2D eigenvalue weighted by Crippen LogP contribution is -2.53. The largest absolute Gasteiger partial charge is 0.364 e. The molecule has 1 aliphatic rings.